The molecule has 3 aliphatic rings. The van der Waals surface area contributed by atoms with E-state index >= 15 is 0 Å². The predicted molar refractivity (Wildman–Crippen MR) is 58.0 cm³/mol. The second-order valence-electron chi connectivity index (χ2n) is 4.21. The molecular weight excluding hydrogens is 218 g/mol. The lowest BCUT2D eigenvalue weighted by Crippen LogP contribution is -2.48. The minimum absolute atomic E-state index is 0.586. The van der Waals surface area contributed by atoms with E-state index in [1.165, 1.54) is 37.4 Å². The molecule has 1 saturated carbocycles. The van der Waals surface area contributed by atoms with Gasteiger partial charge in [0.05, 0.1) is 11.7 Å². The summed E-state index contributed by atoms with van der Waals surface area (Å²) >= 11 is 7.22. The zero-order valence-corrected chi connectivity index (χ0v) is 9.39. The molecule has 1 aromatic rings. The van der Waals surface area contributed by atoms with Crippen molar-refractivity contribution >= 4 is 29.1 Å². The van der Waals surface area contributed by atoms with Gasteiger partial charge in [0.1, 0.15) is 0 Å². The molecule has 1 aromatic heterocycles. The van der Waals surface area contributed by atoms with E-state index in [0.717, 1.165) is 18.3 Å². The molecule has 3 nitrogen and oxygen atoms in total. The van der Waals surface area contributed by atoms with Gasteiger partial charge < -0.3 is 4.90 Å². The van der Waals surface area contributed by atoms with E-state index in [4.69, 9.17) is 11.6 Å². The summed E-state index contributed by atoms with van der Waals surface area (Å²) in [5, 5.41) is 0.586. The molecule has 0 amide bonds. The first-order chi connectivity index (χ1) is 6.84. The molecule has 14 heavy (non-hydrogen) atoms. The number of fused-ring (bicyclic) bond motifs is 3. The van der Waals surface area contributed by atoms with Crippen molar-refractivity contribution in [3.8, 4) is 0 Å². The normalized spacial score (nSPS) is 31.1. The van der Waals surface area contributed by atoms with Gasteiger partial charge in [0.2, 0.25) is 0 Å². The van der Waals surface area contributed by atoms with Gasteiger partial charge in [-0.3, -0.25) is 0 Å². The van der Waals surface area contributed by atoms with Gasteiger partial charge in [-0.2, -0.15) is 8.75 Å². The van der Waals surface area contributed by atoms with Crippen LogP contribution in [0.3, 0.4) is 0 Å². The Balaban J connectivity index is 1.89. The molecule has 0 N–H and O–H groups in total. The summed E-state index contributed by atoms with van der Waals surface area (Å²) in [6.45, 7) is 1.13. The summed E-state index contributed by atoms with van der Waals surface area (Å²) in [7, 11) is 0. The number of hydrogen-bond donors (Lipinski definition) is 0. The fourth-order valence-electron chi connectivity index (χ4n) is 2.67. The third kappa shape index (κ3) is 1.32. The van der Waals surface area contributed by atoms with Gasteiger partial charge in [0.25, 0.3) is 0 Å². The zero-order chi connectivity index (χ0) is 9.54. The molecule has 4 rings (SSSR count). The van der Waals surface area contributed by atoms with Crippen LogP contribution in [0.4, 0.5) is 5.82 Å². The highest BCUT2D eigenvalue weighted by atomic mass is 35.5. The Hall–Kier alpha value is -0.350. The van der Waals surface area contributed by atoms with E-state index < -0.39 is 0 Å². The zero-order valence-electron chi connectivity index (χ0n) is 7.82. The number of rotatable bonds is 1. The molecule has 0 radical (unpaired) electrons. The van der Waals surface area contributed by atoms with Crippen LogP contribution >= 0.6 is 23.3 Å². The minimum atomic E-state index is 0.586. The van der Waals surface area contributed by atoms with Crippen LogP contribution in [0.15, 0.2) is 0 Å². The van der Waals surface area contributed by atoms with E-state index in [2.05, 4.69) is 13.6 Å². The van der Waals surface area contributed by atoms with Crippen molar-refractivity contribution < 1.29 is 0 Å². The molecule has 2 bridgehead atoms. The number of hydrogen-bond acceptors (Lipinski definition) is 4. The maximum atomic E-state index is 6.01. The molecule has 2 aliphatic heterocycles. The van der Waals surface area contributed by atoms with Crippen molar-refractivity contribution in [1.82, 2.24) is 8.75 Å². The summed E-state index contributed by atoms with van der Waals surface area (Å²) in [4.78, 5) is 2.36. The van der Waals surface area contributed by atoms with Gasteiger partial charge in [0.15, 0.2) is 11.0 Å². The van der Waals surface area contributed by atoms with E-state index in [9.17, 15) is 0 Å². The van der Waals surface area contributed by atoms with Crippen LogP contribution in [-0.2, 0) is 0 Å². The molecule has 2 saturated heterocycles. The molecule has 0 spiro atoms. The van der Waals surface area contributed by atoms with Crippen molar-refractivity contribution in [3.05, 3.63) is 5.15 Å². The van der Waals surface area contributed by atoms with Crippen LogP contribution in [-0.4, -0.2) is 21.3 Å². The first kappa shape index (κ1) is 8.92. The molecule has 76 valence electrons. The van der Waals surface area contributed by atoms with Crippen LogP contribution < -0.4 is 4.90 Å². The first-order valence-corrected chi connectivity index (χ1v) is 6.20. The lowest BCUT2D eigenvalue weighted by Gasteiger charge is -2.45. The van der Waals surface area contributed by atoms with Gasteiger partial charge in [-0.25, -0.2) is 0 Å². The molecular formula is C9H12ClN3S. The molecule has 0 aromatic carbocycles. The van der Waals surface area contributed by atoms with Gasteiger partial charge in [-0.05, 0) is 31.6 Å². The Bertz CT molecular complexity index is 333. The van der Waals surface area contributed by atoms with E-state index in [1.807, 2.05) is 0 Å². The molecule has 3 heterocycles. The number of halogens is 1. The topological polar surface area (TPSA) is 29.0 Å². The summed E-state index contributed by atoms with van der Waals surface area (Å²) in [6, 6.07) is 0.668. The van der Waals surface area contributed by atoms with Crippen LogP contribution in [0.5, 0.6) is 0 Å². The third-order valence-corrected chi connectivity index (χ3v) is 4.29. The molecule has 3 fully saturated rings. The number of piperidine rings is 2. The Morgan fingerprint density at radius 2 is 2.00 bits per heavy atom. The SMILES string of the molecule is Clc1nsnc1N1CC2CCC1CC2. The summed E-state index contributed by atoms with van der Waals surface area (Å²) in [5.74, 6) is 1.78. The van der Waals surface area contributed by atoms with E-state index in [-0.39, 0.29) is 0 Å². The highest BCUT2D eigenvalue weighted by Gasteiger charge is 2.35. The lowest BCUT2D eigenvalue weighted by atomic mass is 9.80. The smallest absolute Gasteiger partial charge is 0.187 e. The van der Waals surface area contributed by atoms with Crippen LogP contribution in [0, 0.1) is 5.92 Å². The third-order valence-electron chi connectivity index (χ3n) is 3.42. The Kier molecular flexibility index (Phi) is 2.13. The van der Waals surface area contributed by atoms with Crippen molar-refractivity contribution in [3.63, 3.8) is 0 Å². The minimum Gasteiger partial charge on any atom is -0.350 e. The standard InChI is InChI=1S/C9H12ClN3S/c10-8-9(12-14-11-8)13-5-6-1-3-7(13)4-2-6/h6-7H,1-5H2. The molecule has 0 unspecified atom stereocenters. The second-order valence-corrected chi connectivity index (χ2v) is 5.09. The fourth-order valence-corrected chi connectivity index (χ4v) is 3.43. The first-order valence-electron chi connectivity index (χ1n) is 5.09. The monoisotopic (exact) mass is 229 g/mol. The largest absolute Gasteiger partial charge is 0.350 e. The Labute approximate surface area is 92.4 Å². The number of nitrogens with zero attached hydrogens (tertiary/aromatic N) is 3. The maximum absolute atomic E-state index is 6.01. The highest BCUT2D eigenvalue weighted by Crippen LogP contribution is 2.39. The summed E-state index contributed by atoms with van der Waals surface area (Å²) in [6.07, 6.45) is 5.38. The second kappa shape index (κ2) is 3.35. The Morgan fingerprint density at radius 1 is 1.21 bits per heavy atom. The van der Waals surface area contributed by atoms with E-state index in [1.54, 1.807) is 0 Å². The van der Waals surface area contributed by atoms with Gasteiger partial charge in [0, 0.05) is 12.6 Å². The lowest BCUT2D eigenvalue weighted by molar-refractivity contribution is 0.251. The fraction of sp³-hybridized carbons (Fsp3) is 0.778. The van der Waals surface area contributed by atoms with Crippen LogP contribution in [0.1, 0.15) is 25.7 Å². The number of anilines is 1. The van der Waals surface area contributed by atoms with Gasteiger partial charge in [-0.15, -0.1) is 0 Å². The molecule has 1 aliphatic carbocycles. The quantitative estimate of drug-likeness (QED) is 0.741. The van der Waals surface area contributed by atoms with Crippen LogP contribution in [0.2, 0.25) is 5.15 Å². The summed E-state index contributed by atoms with van der Waals surface area (Å²) < 4.78 is 8.31. The van der Waals surface area contributed by atoms with Crippen molar-refractivity contribution in [2.24, 2.45) is 5.92 Å². The molecule has 0 atom stereocenters. The Morgan fingerprint density at radius 3 is 2.50 bits per heavy atom. The average Bonchev–Trinajstić information content (AvgIpc) is 2.66. The average molecular weight is 230 g/mol. The van der Waals surface area contributed by atoms with Gasteiger partial charge >= 0.3 is 0 Å². The molecule has 5 heteroatoms. The number of aromatic nitrogens is 2. The summed E-state index contributed by atoms with van der Waals surface area (Å²) in [5.41, 5.74) is 0. The van der Waals surface area contributed by atoms with Crippen molar-refractivity contribution in [2.75, 3.05) is 11.4 Å². The van der Waals surface area contributed by atoms with Crippen molar-refractivity contribution in [2.45, 2.75) is 31.7 Å². The van der Waals surface area contributed by atoms with E-state index in [0.29, 0.717) is 11.2 Å². The highest BCUT2D eigenvalue weighted by molar-refractivity contribution is 6.99. The van der Waals surface area contributed by atoms with Crippen LogP contribution in [0.25, 0.3) is 0 Å². The van der Waals surface area contributed by atoms with Gasteiger partial charge in [-0.1, -0.05) is 11.6 Å². The van der Waals surface area contributed by atoms with Crippen molar-refractivity contribution in [1.29, 1.82) is 0 Å². The maximum Gasteiger partial charge on any atom is 0.187 e. The predicted octanol–water partition coefficient (Wildman–Crippen LogP) is 2.57.